The summed E-state index contributed by atoms with van der Waals surface area (Å²) >= 11 is 0. The molecule has 1 fully saturated rings. The monoisotopic (exact) mass is 272 g/mol. The van der Waals surface area contributed by atoms with Crippen LogP contribution in [0.15, 0.2) is 18.2 Å². The topological polar surface area (TPSA) is 83.8 Å². The lowest BCUT2D eigenvalue weighted by Gasteiger charge is -2.21. The van der Waals surface area contributed by atoms with Gasteiger partial charge >= 0.3 is 0 Å². The lowest BCUT2D eigenvalue weighted by Crippen LogP contribution is -2.30. The first kappa shape index (κ1) is 13.0. The third-order valence-corrected chi connectivity index (χ3v) is 4.08. The van der Waals surface area contributed by atoms with Gasteiger partial charge in [0.25, 0.3) is 5.91 Å². The summed E-state index contributed by atoms with van der Waals surface area (Å²) < 4.78 is 0. The standard InChI is InChI=1S/C15H20N4O/c16-11-6-7-13-12(8-11)14(19-18-13)15(20)17-9-10-4-2-1-3-5-10/h6-8,10H,1-5,9,16H2,(H,17,20)(H,18,19). The molecule has 0 radical (unpaired) electrons. The number of amides is 1. The number of hydrogen-bond acceptors (Lipinski definition) is 3. The van der Waals surface area contributed by atoms with Gasteiger partial charge in [0, 0.05) is 17.6 Å². The molecule has 1 saturated carbocycles. The number of nitrogens with zero attached hydrogens (tertiary/aromatic N) is 1. The quantitative estimate of drug-likeness (QED) is 0.750. The first-order chi connectivity index (χ1) is 9.74. The van der Waals surface area contributed by atoms with Gasteiger partial charge in [-0.1, -0.05) is 19.3 Å². The van der Waals surface area contributed by atoms with E-state index in [-0.39, 0.29) is 5.91 Å². The van der Waals surface area contributed by atoms with Gasteiger partial charge in [-0.25, -0.2) is 0 Å². The summed E-state index contributed by atoms with van der Waals surface area (Å²) in [5.74, 6) is 0.496. The molecule has 4 N–H and O–H groups in total. The molecule has 1 aromatic heterocycles. The van der Waals surface area contributed by atoms with E-state index in [1.54, 1.807) is 12.1 Å². The number of carbonyl (C=O) groups is 1. The predicted molar refractivity (Wildman–Crippen MR) is 79.4 cm³/mol. The van der Waals surface area contributed by atoms with Crippen LogP contribution in [0.3, 0.4) is 0 Å². The number of benzene rings is 1. The molecule has 106 valence electrons. The number of nitrogens with two attached hydrogens (primary N) is 1. The minimum absolute atomic E-state index is 0.118. The number of nitrogen functional groups attached to an aromatic ring is 1. The van der Waals surface area contributed by atoms with E-state index in [0.29, 0.717) is 17.3 Å². The van der Waals surface area contributed by atoms with Crippen molar-refractivity contribution < 1.29 is 4.79 Å². The normalized spacial score (nSPS) is 16.4. The molecule has 5 nitrogen and oxygen atoms in total. The Kier molecular flexibility index (Phi) is 3.58. The Bertz CT molecular complexity index is 613. The van der Waals surface area contributed by atoms with Crippen LogP contribution in [0.2, 0.25) is 0 Å². The molecule has 1 aliphatic carbocycles. The largest absolute Gasteiger partial charge is 0.399 e. The number of carbonyl (C=O) groups excluding carboxylic acids is 1. The predicted octanol–water partition coefficient (Wildman–Crippen LogP) is 2.46. The Morgan fingerprint density at radius 1 is 1.35 bits per heavy atom. The Balaban J connectivity index is 1.70. The molecule has 0 unspecified atom stereocenters. The van der Waals surface area contributed by atoms with Crippen LogP contribution in [0.4, 0.5) is 5.69 Å². The van der Waals surface area contributed by atoms with E-state index in [4.69, 9.17) is 5.73 Å². The number of rotatable bonds is 3. The average molecular weight is 272 g/mol. The van der Waals surface area contributed by atoms with Crippen LogP contribution in [0.25, 0.3) is 10.9 Å². The number of nitrogens with one attached hydrogen (secondary N) is 2. The zero-order valence-electron chi connectivity index (χ0n) is 11.5. The van der Waals surface area contributed by atoms with Crippen molar-refractivity contribution in [3.63, 3.8) is 0 Å². The minimum Gasteiger partial charge on any atom is -0.399 e. The number of fused-ring (bicyclic) bond motifs is 1. The van der Waals surface area contributed by atoms with Gasteiger partial charge in [0.1, 0.15) is 0 Å². The summed E-state index contributed by atoms with van der Waals surface area (Å²) in [5.41, 5.74) is 7.68. The summed E-state index contributed by atoms with van der Waals surface area (Å²) in [6.45, 7) is 0.746. The summed E-state index contributed by atoms with van der Waals surface area (Å²) in [6.07, 6.45) is 6.32. The fourth-order valence-corrected chi connectivity index (χ4v) is 2.92. The molecule has 20 heavy (non-hydrogen) atoms. The Labute approximate surface area is 117 Å². The molecule has 5 heteroatoms. The maximum absolute atomic E-state index is 12.2. The number of aromatic nitrogens is 2. The highest BCUT2D eigenvalue weighted by Gasteiger charge is 2.17. The smallest absolute Gasteiger partial charge is 0.272 e. The van der Waals surface area contributed by atoms with Gasteiger partial charge in [-0.3, -0.25) is 9.89 Å². The highest BCUT2D eigenvalue weighted by atomic mass is 16.1. The molecule has 0 aliphatic heterocycles. The first-order valence-electron chi connectivity index (χ1n) is 7.26. The van der Waals surface area contributed by atoms with Gasteiger partial charge in [0.05, 0.1) is 5.52 Å². The van der Waals surface area contributed by atoms with Crippen molar-refractivity contribution in [2.45, 2.75) is 32.1 Å². The average Bonchev–Trinajstić information content (AvgIpc) is 2.89. The third-order valence-electron chi connectivity index (χ3n) is 4.08. The van der Waals surface area contributed by atoms with E-state index in [1.807, 2.05) is 6.07 Å². The van der Waals surface area contributed by atoms with Crippen LogP contribution in [0, 0.1) is 5.92 Å². The lowest BCUT2D eigenvalue weighted by atomic mass is 9.89. The number of anilines is 1. The molecule has 0 atom stereocenters. The van der Waals surface area contributed by atoms with Crippen LogP contribution in [-0.4, -0.2) is 22.6 Å². The molecule has 1 amide bonds. The fraction of sp³-hybridized carbons (Fsp3) is 0.467. The molecule has 0 bridgehead atoms. The van der Waals surface area contributed by atoms with Crippen molar-refractivity contribution in [1.82, 2.24) is 15.5 Å². The highest BCUT2D eigenvalue weighted by molar-refractivity contribution is 6.05. The number of aromatic amines is 1. The highest BCUT2D eigenvalue weighted by Crippen LogP contribution is 2.23. The minimum atomic E-state index is -0.118. The molecular formula is C15H20N4O. The molecular weight excluding hydrogens is 252 g/mol. The number of H-pyrrole nitrogens is 1. The lowest BCUT2D eigenvalue weighted by molar-refractivity contribution is 0.0940. The van der Waals surface area contributed by atoms with E-state index in [9.17, 15) is 4.79 Å². The van der Waals surface area contributed by atoms with Crippen LogP contribution < -0.4 is 11.1 Å². The van der Waals surface area contributed by atoms with Gasteiger partial charge in [0.15, 0.2) is 5.69 Å². The third kappa shape index (κ3) is 2.61. The molecule has 0 spiro atoms. The maximum atomic E-state index is 12.2. The Morgan fingerprint density at radius 2 is 2.15 bits per heavy atom. The second kappa shape index (κ2) is 5.53. The molecule has 3 rings (SSSR count). The van der Waals surface area contributed by atoms with Crippen LogP contribution in [0.5, 0.6) is 0 Å². The first-order valence-corrected chi connectivity index (χ1v) is 7.26. The van der Waals surface area contributed by atoms with E-state index in [2.05, 4.69) is 15.5 Å². The van der Waals surface area contributed by atoms with Gasteiger partial charge < -0.3 is 11.1 Å². The fourth-order valence-electron chi connectivity index (χ4n) is 2.92. The second-order valence-electron chi connectivity index (χ2n) is 5.59. The van der Waals surface area contributed by atoms with E-state index < -0.39 is 0 Å². The van der Waals surface area contributed by atoms with Crippen LogP contribution in [0.1, 0.15) is 42.6 Å². The van der Waals surface area contributed by atoms with Gasteiger partial charge in [-0.05, 0) is 37.0 Å². The summed E-state index contributed by atoms with van der Waals surface area (Å²) in [4.78, 5) is 12.2. The van der Waals surface area contributed by atoms with Crippen molar-refractivity contribution in [3.05, 3.63) is 23.9 Å². The zero-order chi connectivity index (χ0) is 13.9. The summed E-state index contributed by atoms with van der Waals surface area (Å²) in [6, 6.07) is 5.42. The molecule has 1 aromatic carbocycles. The van der Waals surface area contributed by atoms with Crippen molar-refractivity contribution in [3.8, 4) is 0 Å². The SMILES string of the molecule is Nc1ccc2[nH]nc(C(=O)NCC3CCCCC3)c2c1. The van der Waals surface area contributed by atoms with Crippen molar-refractivity contribution in [1.29, 1.82) is 0 Å². The van der Waals surface area contributed by atoms with Gasteiger partial charge in [-0.2, -0.15) is 5.10 Å². The Hall–Kier alpha value is -2.04. The van der Waals surface area contributed by atoms with Crippen molar-refractivity contribution in [2.75, 3.05) is 12.3 Å². The molecule has 2 aromatic rings. The molecule has 0 saturated heterocycles. The van der Waals surface area contributed by atoms with Crippen molar-refractivity contribution in [2.24, 2.45) is 5.92 Å². The summed E-state index contributed by atoms with van der Waals surface area (Å²) in [7, 11) is 0. The van der Waals surface area contributed by atoms with Crippen LogP contribution in [-0.2, 0) is 0 Å². The van der Waals surface area contributed by atoms with Gasteiger partial charge in [0.2, 0.25) is 0 Å². The van der Waals surface area contributed by atoms with Crippen LogP contribution >= 0.6 is 0 Å². The molecule has 1 aliphatic rings. The van der Waals surface area contributed by atoms with Crippen molar-refractivity contribution >= 4 is 22.5 Å². The zero-order valence-corrected chi connectivity index (χ0v) is 11.5. The van der Waals surface area contributed by atoms with E-state index in [1.165, 1.54) is 32.1 Å². The maximum Gasteiger partial charge on any atom is 0.272 e. The van der Waals surface area contributed by atoms with E-state index >= 15 is 0 Å². The Morgan fingerprint density at radius 3 is 2.95 bits per heavy atom. The number of hydrogen-bond donors (Lipinski definition) is 3. The van der Waals surface area contributed by atoms with E-state index in [0.717, 1.165) is 17.4 Å². The van der Waals surface area contributed by atoms with Gasteiger partial charge in [-0.15, -0.1) is 0 Å². The molecule has 1 heterocycles. The summed E-state index contributed by atoms with van der Waals surface area (Å²) in [5, 5.41) is 10.8. The second-order valence-corrected chi connectivity index (χ2v) is 5.59.